The Balaban J connectivity index is 2.02. The van der Waals surface area contributed by atoms with Gasteiger partial charge in [0.15, 0.2) is 0 Å². The van der Waals surface area contributed by atoms with E-state index in [1.54, 1.807) is 0 Å². The second-order valence-corrected chi connectivity index (χ2v) is 2.92. The second kappa shape index (κ2) is 6.58. The summed E-state index contributed by atoms with van der Waals surface area (Å²) in [5, 5.41) is 0. The van der Waals surface area contributed by atoms with Gasteiger partial charge in [-0.25, -0.2) is 4.89 Å². The first kappa shape index (κ1) is 8.97. The van der Waals surface area contributed by atoms with Gasteiger partial charge in [0.1, 0.15) is 0 Å². The quantitative estimate of drug-likeness (QED) is 0.547. The molecule has 0 radical (unpaired) electrons. The Bertz CT molecular complexity index is 50.1. The van der Waals surface area contributed by atoms with Crippen LogP contribution in [0.1, 0.15) is 38.5 Å². The molecule has 1 rings (SSSR count). The van der Waals surface area contributed by atoms with Gasteiger partial charge in [0.2, 0.25) is 0 Å². The third-order valence-electron chi connectivity index (χ3n) is 1.87. The van der Waals surface area contributed by atoms with E-state index in [-0.39, 0.29) is 0 Å². The highest BCUT2D eigenvalue weighted by Crippen LogP contribution is 2.05. The lowest BCUT2D eigenvalue weighted by molar-refractivity contribution is -0.336. The molecule has 0 amide bonds. The molecule has 0 spiro atoms. The van der Waals surface area contributed by atoms with Crippen molar-refractivity contribution in [2.24, 2.45) is 0 Å². The van der Waals surface area contributed by atoms with Gasteiger partial charge in [-0.05, 0) is 12.8 Å². The predicted octanol–water partition coefficient (Wildman–Crippen LogP) is 1.79. The summed E-state index contributed by atoms with van der Waals surface area (Å²) in [7, 11) is 0. The number of hydrogen-bond donors (Lipinski definition) is 1. The molecule has 1 aliphatic heterocycles. The number of nitrogens with one attached hydrogen (secondary N) is 1. The summed E-state index contributed by atoms with van der Waals surface area (Å²) >= 11 is 0. The molecule has 1 N–H and O–H groups in total. The molecule has 0 aliphatic carbocycles. The lowest BCUT2D eigenvalue weighted by atomic mass is 10.1. The van der Waals surface area contributed by atoms with Gasteiger partial charge in [-0.2, -0.15) is 5.48 Å². The summed E-state index contributed by atoms with van der Waals surface area (Å²) in [6.07, 6.45) is 7.55. The number of rotatable bonds is 0. The molecule has 3 heteroatoms. The molecule has 11 heavy (non-hydrogen) atoms. The fraction of sp³-hybridized carbons (Fsp3) is 1.00. The van der Waals surface area contributed by atoms with Crippen molar-refractivity contribution in [1.82, 2.24) is 5.48 Å². The van der Waals surface area contributed by atoms with Crippen LogP contribution in [0.15, 0.2) is 0 Å². The average molecular weight is 159 g/mol. The third kappa shape index (κ3) is 5.18. The van der Waals surface area contributed by atoms with Crippen molar-refractivity contribution in [1.29, 1.82) is 0 Å². The van der Waals surface area contributed by atoms with Crippen molar-refractivity contribution in [2.45, 2.75) is 38.5 Å². The molecule has 0 aromatic carbocycles. The zero-order chi connectivity index (χ0) is 7.78. The van der Waals surface area contributed by atoms with Gasteiger partial charge in [0.25, 0.3) is 0 Å². The van der Waals surface area contributed by atoms with Crippen LogP contribution in [-0.4, -0.2) is 13.2 Å². The molecule has 0 atom stereocenters. The van der Waals surface area contributed by atoms with E-state index in [9.17, 15) is 0 Å². The van der Waals surface area contributed by atoms with E-state index in [4.69, 9.17) is 9.88 Å². The van der Waals surface area contributed by atoms with Gasteiger partial charge >= 0.3 is 0 Å². The van der Waals surface area contributed by atoms with Crippen molar-refractivity contribution in [3.05, 3.63) is 0 Å². The fourth-order valence-electron chi connectivity index (χ4n) is 1.19. The summed E-state index contributed by atoms with van der Waals surface area (Å²) in [4.78, 5) is 9.57. The summed E-state index contributed by atoms with van der Waals surface area (Å²) in [5.74, 6) is 0. The number of hydroxylamine groups is 1. The SMILES string of the molecule is C1CCCCOONCCC1. The maximum atomic E-state index is 4.85. The number of hydrogen-bond acceptors (Lipinski definition) is 3. The van der Waals surface area contributed by atoms with E-state index in [0.29, 0.717) is 6.61 Å². The molecule has 66 valence electrons. The monoisotopic (exact) mass is 159 g/mol. The van der Waals surface area contributed by atoms with Crippen molar-refractivity contribution < 1.29 is 9.88 Å². The largest absolute Gasteiger partial charge is 0.218 e. The van der Waals surface area contributed by atoms with Crippen molar-refractivity contribution in [2.75, 3.05) is 13.2 Å². The standard InChI is InChI=1S/C8H17NO2/c1-2-4-6-8-10-11-9-7-5-3-1/h9H,1-8H2. The molecule has 0 unspecified atom stereocenters. The van der Waals surface area contributed by atoms with Gasteiger partial charge in [-0.15, -0.1) is 4.99 Å². The molecule has 0 bridgehead atoms. The zero-order valence-electron chi connectivity index (χ0n) is 6.97. The molecule has 1 aliphatic rings. The lowest BCUT2D eigenvalue weighted by Crippen LogP contribution is -2.16. The first-order valence-electron chi connectivity index (χ1n) is 4.51. The van der Waals surface area contributed by atoms with Crippen molar-refractivity contribution in [3.63, 3.8) is 0 Å². The Morgan fingerprint density at radius 2 is 1.55 bits per heavy atom. The van der Waals surface area contributed by atoms with Crippen LogP contribution in [0.2, 0.25) is 0 Å². The zero-order valence-corrected chi connectivity index (χ0v) is 6.97. The second-order valence-electron chi connectivity index (χ2n) is 2.92. The maximum absolute atomic E-state index is 4.85. The molecular formula is C8H17NO2. The topological polar surface area (TPSA) is 30.5 Å². The minimum atomic E-state index is 0.715. The first-order chi connectivity index (χ1) is 5.50. The van der Waals surface area contributed by atoms with Crippen LogP contribution in [-0.2, 0) is 9.88 Å². The van der Waals surface area contributed by atoms with E-state index in [1.807, 2.05) is 0 Å². The minimum Gasteiger partial charge on any atom is -0.218 e. The Morgan fingerprint density at radius 1 is 0.818 bits per heavy atom. The van der Waals surface area contributed by atoms with Crippen molar-refractivity contribution >= 4 is 0 Å². The third-order valence-corrected chi connectivity index (χ3v) is 1.87. The highest BCUT2D eigenvalue weighted by molar-refractivity contribution is 4.46. The van der Waals surface area contributed by atoms with Crippen LogP contribution in [0.25, 0.3) is 0 Å². The van der Waals surface area contributed by atoms with E-state index in [2.05, 4.69) is 5.48 Å². The van der Waals surface area contributed by atoms with Crippen LogP contribution in [0.3, 0.4) is 0 Å². The molecular weight excluding hydrogens is 142 g/mol. The van der Waals surface area contributed by atoms with Gasteiger partial charge in [0, 0.05) is 6.54 Å². The minimum absolute atomic E-state index is 0.715. The molecule has 0 aromatic rings. The highest BCUT2D eigenvalue weighted by atomic mass is 17.3. The molecule has 1 saturated heterocycles. The van der Waals surface area contributed by atoms with Gasteiger partial charge in [0.05, 0.1) is 6.61 Å². The molecule has 1 fully saturated rings. The lowest BCUT2D eigenvalue weighted by Gasteiger charge is -2.01. The van der Waals surface area contributed by atoms with E-state index in [0.717, 1.165) is 13.0 Å². The Kier molecular flexibility index (Phi) is 5.37. The molecule has 3 nitrogen and oxygen atoms in total. The maximum Gasteiger partial charge on any atom is 0.0842 e. The normalized spacial score (nSPS) is 24.0. The van der Waals surface area contributed by atoms with E-state index < -0.39 is 0 Å². The smallest absolute Gasteiger partial charge is 0.0842 e. The van der Waals surface area contributed by atoms with Gasteiger partial charge in [-0.1, -0.05) is 25.7 Å². The van der Waals surface area contributed by atoms with Crippen molar-refractivity contribution in [3.8, 4) is 0 Å². The van der Waals surface area contributed by atoms with Crippen LogP contribution >= 0.6 is 0 Å². The Morgan fingerprint density at radius 3 is 2.45 bits per heavy atom. The molecule has 0 aromatic heterocycles. The summed E-state index contributed by atoms with van der Waals surface area (Å²) in [5.41, 5.74) is 2.76. The fourth-order valence-corrected chi connectivity index (χ4v) is 1.19. The molecule has 0 saturated carbocycles. The summed E-state index contributed by atoms with van der Waals surface area (Å²) in [6.45, 7) is 1.62. The molecule has 1 heterocycles. The Labute approximate surface area is 67.9 Å². The van der Waals surface area contributed by atoms with E-state index in [1.165, 1.54) is 32.1 Å². The van der Waals surface area contributed by atoms with E-state index >= 15 is 0 Å². The summed E-state index contributed by atoms with van der Waals surface area (Å²) in [6, 6.07) is 0. The first-order valence-corrected chi connectivity index (χ1v) is 4.51. The van der Waals surface area contributed by atoms with Crippen LogP contribution in [0.5, 0.6) is 0 Å². The highest BCUT2D eigenvalue weighted by Gasteiger charge is 1.95. The van der Waals surface area contributed by atoms with Gasteiger partial charge in [-0.3, -0.25) is 0 Å². The Hall–Kier alpha value is -0.120. The predicted molar refractivity (Wildman–Crippen MR) is 42.7 cm³/mol. The average Bonchev–Trinajstić information content (AvgIpc) is 2.08. The van der Waals surface area contributed by atoms with Gasteiger partial charge < -0.3 is 0 Å². The van der Waals surface area contributed by atoms with Crippen LogP contribution in [0, 0.1) is 0 Å². The van der Waals surface area contributed by atoms with Crippen LogP contribution < -0.4 is 5.48 Å². The summed E-state index contributed by atoms with van der Waals surface area (Å²) < 4.78 is 0. The van der Waals surface area contributed by atoms with Crippen LogP contribution in [0.4, 0.5) is 0 Å².